The lowest BCUT2D eigenvalue weighted by Gasteiger charge is -2.07. The van der Waals surface area contributed by atoms with Crippen LogP contribution < -0.4 is 0 Å². The van der Waals surface area contributed by atoms with Gasteiger partial charge in [-0.25, -0.2) is 9.37 Å². The summed E-state index contributed by atoms with van der Waals surface area (Å²) in [6, 6.07) is 14.0. The Morgan fingerprint density at radius 3 is 2.63 bits per heavy atom. The number of para-hydroxylation sites is 2. The quantitative estimate of drug-likeness (QED) is 0.673. The van der Waals surface area contributed by atoms with Crippen molar-refractivity contribution in [1.29, 1.82) is 0 Å². The van der Waals surface area contributed by atoms with Crippen molar-refractivity contribution in [3.63, 3.8) is 0 Å². The highest BCUT2D eigenvalue weighted by molar-refractivity contribution is 5.83. The van der Waals surface area contributed by atoms with Crippen LogP contribution in [0.25, 0.3) is 11.0 Å². The molecule has 3 rings (SSSR count). The Morgan fingerprint density at radius 1 is 1.11 bits per heavy atom. The van der Waals surface area contributed by atoms with E-state index in [1.165, 1.54) is 6.07 Å². The Bertz CT molecular complexity index is 749. The summed E-state index contributed by atoms with van der Waals surface area (Å²) in [5.41, 5.74) is 2.10. The minimum atomic E-state index is -0.280. The number of fused-ring (bicyclic) bond motifs is 1. The minimum absolute atomic E-state index is 0.280. The van der Waals surface area contributed by atoms with E-state index in [1.54, 1.807) is 22.8 Å². The van der Waals surface area contributed by atoms with E-state index in [4.69, 9.17) is 0 Å². The van der Waals surface area contributed by atoms with E-state index in [2.05, 4.69) is 4.98 Å². The third-order valence-electron chi connectivity index (χ3n) is 3.08. The van der Waals surface area contributed by atoms with E-state index in [0.29, 0.717) is 24.2 Å². The van der Waals surface area contributed by atoms with Crippen LogP contribution in [0.5, 0.6) is 0 Å². The topological polar surface area (TPSA) is 34.9 Å². The predicted octanol–water partition coefficient (Wildman–Crippen LogP) is 3.04. The van der Waals surface area contributed by atoms with E-state index >= 15 is 0 Å². The first-order valence-corrected chi connectivity index (χ1v) is 5.93. The maximum atomic E-state index is 13.7. The van der Waals surface area contributed by atoms with Gasteiger partial charge in [-0.05, 0) is 18.2 Å². The number of imidazole rings is 1. The number of carbonyl (C=O) groups excluding carboxylic acids is 1. The van der Waals surface area contributed by atoms with Crippen molar-refractivity contribution in [3.8, 4) is 0 Å². The summed E-state index contributed by atoms with van der Waals surface area (Å²) >= 11 is 0. The van der Waals surface area contributed by atoms with Crippen LogP contribution in [0.1, 0.15) is 16.2 Å². The van der Waals surface area contributed by atoms with Crippen LogP contribution >= 0.6 is 0 Å². The van der Waals surface area contributed by atoms with Crippen molar-refractivity contribution < 1.29 is 9.18 Å². The predicted molar refractivity (Wildman–Crippen MR) is 70.6 cm³/mol. The monoisotopic (exact) mass is 254 g/mol. The van der Waals surface area contributed by atoms with Crippen LogP contribution in [0.3, 0.4) is 0 Å². The van der Waals surface area contributed by atoms with E-state index in [9.17, 15) is 9.18 Å². The van der Waals surface area contributed by atoms with Crippen LogP contribution in [0, 0.1) is 5.82 Å². The van der Waals surface area contributed by atoms with Crippen LogP contribution in [-0.2, 0) is 6.54 Å². The fourth-order valence-corrected chi connectivity index (χ4v) is 2.15. The molecule has 0 bridgehead atoms. The molecule has 0 saturated carbocycles. The van der Waals surface area contributed by atoms with Crippen LogP contribution in [-0.4, -0.2) is 15.8 Å². The molecule has 3 nitrogen and oxygen atoms in total. The molecule has 4 heteroatoms. The van der Waals surface area contributed by atoms with E-state index < -0.39 is 0 Å². The van der Waals surface area contributed by atoms with Gasteiger partial charge in [-0.1, -0.05) is 30.3 Å². The van der Waals surface area contributed by atoms with Gasteiger partial charge in [-0.3, -0.25) is 4.79 Å². The molecule has 1 aromatic heterocycles. The Hall–Kier alpha value is -2.49. The lowest BCUT2D eigenvalue weighted by atomic mass is 10.2. The minimum Gasteiger partial charge on any atom is -0.317 e. The van der Waals surface area contributed by atoms with Crippen molar-refractivity contribution in [2.45, 2.75) is 6.54 Å². The third kappa shape index (κ3) is 2.01. The standard InChI is InChI=1S/C15H11FN2O/c16-12-6-2-1-5-11(12)9-18-14-8-4-3-7-13(14)17-15(18)10-19/h1-8,10H,9H2. The second-order valence-corrected chi connectivity index (χ2v) is 4.25. The van der Waals surface area contributed by atoms with Gasteiger partial charge in [0.15, 0.2) is 12.1 Å². The lowest BCUT2D eigenvalue weighted by Crippen LogP contribution is -2.05. The Kier molecular flexibility index (Phi) is 2.83. The maximum absolute atomic E-state index is 13.7. The van der Waals surface area contributed by atoms with Crippen molar-refractivity contribution >= 4 is 17.3 Å². The number of rotatable bonds is 3. The number of hydrogen-bond acceptors (Lipinski definition) is 2. The zero-order valence-electron chi connectivity index (χ0n) is 10.1. The molecule has 2 aromatic carbocycles. The first kappa shape index (κ1) is 11.6. The van der Waals surface area contributed by atoms with Gasteiger partial charge in [0.1, 0.15) is 5.82 Å². The number of nitrogens with zero attached hydrogens (tertiary/aromatic N) is 2. The largest absolute Gasteiger partial charge is 0.317 e. The van der Waals surface area contributed by atoms with Crippen molar-refractivity contribution in [2.24, 2.45) is 0 Å². The zero-order chi connectivity index (χ0) is 13.2. The number of aldehydes is 1. The summed E-state index contributed by atoms with van der Waals surface area (Å²) in [4.78, 5) is 15.3. The summed E-state index contributed by atoms with van der Waals surface area (Å²) in [5, 5.41) is 0. The van der Waals surface area contributed by atoms with E-state index in [1.807, 2.05) is 24.3 Å². The molecule has 0 radical (unpaired) electrons. The maximum Gasteiger partial charge on any atom is 0.185 e. The SMILES string of the molecule is O=Cc1nc2ccccc2n1Cc1ccccc1F. The fourth-order valence-electron chi connectivity index (χ4n) is 2.15. The first-order chi connectivity index (χ1) is 9.29. The second-order valence-electron chi connectivity index (χ2n) is 4.25. The first-order valence-electron chi connectivity index (χ1n) is 5.93. The molecule has 0 saturated heterocycles. The van der Waals surface area contributed by atoms with Gasteiger partial charge in [-0.15, -0.1) is 0 Å². The average molecular weight is 254 g/mol. The summed E-state index contributed by atoms with van der Waals surface area (Å²) in [7, 11) is 0. The molecule has 94 valence electrons. The van der Waals surface area contributed by atoms with Gasteiger partial charge in [0, 0.05) is 5.56 Å². The molecular weight excluding hydrogens is 243 g/mol. The van der Waals surface area contributed by atoms with Crippen LogP contribution in [0.15, 0.2) is 48.5 Å². The molecule has 19 heavy (non-hydrogen) atoms. The fraction of sp³-hybridized carbons (Fsp3) is 0.0667. The summed E-state index contributed by atoms with van der Waals surface area (Å²) in [6.45, 7) is 0.293. The van der Waals surface area contributed by atoms with Crippen LogP contribution in [0.2, 0.25) is 0 Å². The highest BCUT2D eigenvalue weighted by atomic mass is 19.1. The third-order valence-corrected chi connectivity index (χ3v) is 3.08. The van der Waals surface area contributed by atoms with Gasteiger partial charge in [0.25, 0.3) is 0 Å². The molecular formula is C15H11FN2O. The summed E-state index contributed by atoms with van der Waals surface area (Å²) in [6.07, 6.45) is 0.695. The lowest BCUT2D eigenvalue weighted by molar-refractivity contribution is 0.111. The van der Waals surface area contributed by atoms with E-state index in [0.717, 1.165) is 11.0 Å². The number of halogens is 1. The molecule has 3 aromatic rings. The zero-order valence-corrected chi connectivity index (χ0v) is 10.1. The van der Waals surface area contributed by atoms with Crippen molar-refractivity contribution in [1.82, 2.24) is 9.55 Å². The Balaban J connectivity index is 2.14. The molecule has 0 N–H and O–H groups in total. The highest BCUT2D eigenvalue weighted by Crippen LogP contribution is 2.18. The van der Waals surface area contributed by atoms with Crippen molar-refractivity contribution in [2.75, 3.05) is 0 Å². The van der Waals surface area contributed by atoms with Gasteiger partial charge in [0.05, 0.1) is 17.6 Å². The molecule has 0 aliphatic rings. The molecule has 0 aliphatic carbocycles. The van der Waals surface area contributed by atoms with Crippen molar-refractivity contribution in [3.05, 3.63) is 65.7 Å². The molecule has 0 fully saturated rings. The summed E-state index contributed by atoms with van der Waals surface area (Å²) < 4.78 is 15.4. The Morgan fingerprint density at radius 2 is 1.84 bits per heavy atom. The molecule has 0 aliphatic heterocycles. The Labute approximate surface area is 109 Å². The molecule has 0 unspecified atom stereocenters. The number of aromatic nitrogens is 2. The van der Waals surface area contributed by atoms with Gasteiger partial charge in [-0.2, -0.15) is 0 Å². The molecule has 1 heterocycles. The smallest absolute Gasteiger partial charge is 0.185 e. The molecule has 0 amide bonds. The normalized spacial score (nSPS) is 10.8. The second kappa shape index (κ2) is 4.65. The summed E-state index contributed by atoms with van der Waals surface area (Å²) in [5.74, 6) is 0.0292. The number of hydrogen-bond donors (Lipinski definition) is 0. The molecule has 0 spiro atoms. The number of carbonyl (C=O) groups is 1. The average Bonchev–Trinajstić information content (AvgIpc) is 2.79. The van der Waals surface area contributed by atoms with Gasteiger partial charge in [0.2, 0.25) is 0 Å². The number of benzene rings is 2. The van der Waals surface area contributed by atoms with Gasteiger partial charge < -0.3 is 4.57 Å². The van der Waals surface area contributed by atoms with Crippen LogP contribution in [0.4, 0.5) is 4.39 Å². The molecule has 0 atom stereocenters. The highest BCUT2D eigenvalue weighted by Gasteiger charge is 2.11. The van der Waals surface area contributed by atoms with Gasteiger partial charge >= 0.3 is 0 Å². The van der Waals surface area contributed by atoms with E-state index in [-0.39, 0.29) is 5.82 Å².